The van der Waals surface area contributed by atoms with Crippen molar-refractivity contribution in [2.24, 2.45) is 0 Å². The zero-order valence-electron chi connectivity index (χ0n) is 14.8. The van der Waals surface area contributed by atoms with Crippen molar-refractivity contribution >= 4 is 17.6 Å². The predicted molar refractivity (Wildman–Crippen MR) is 102 cm³/mol. The van der Waals surface area contributed by atoms with Crippen LogP contribution in [0.4, 0.5) is 10.1 Å². The first-order chi connectivity index (χ1) is 13.0. The van der Waals surface area contributed by atoms with Crippen molar-refractivity contribution in [1.29, 1.82) is 0 Å². The van der Waals surface area contributed by atoms with Gasteiger partial charge in [-0.2, -0.15) is 5.10 Å². The standard InChI is InChI=1S/C19H22FN3O3S/c20-14-6-5-11(10-16(14)23-19(26)17(24)7-8-27-23)9-15-12-3-1-2-4-13(12)18(25)22-21-15/h5-6,10,17,19,24,26H,1-4,7-9H2,(H,22,25). The summed E-state index contributed by atoms with van der Waals surface area (Å²) in [6.07, 6.45) is 2.54. The van der Waals surface area contributed by atoms with E-state index in [1.165, 1.54) is 22.3 Å². The highest BCUT2D eigenvalue weighted by Gasteiger charge is 2.31. The molecule has 0 bridgehead atoms. The summed E-state index contributed by atoms with van der Waals surface area (Å²) in [7, 11) is 0. The van der Waals surface area contributed by atoms with Crippen LogP contribution in [0.1, 0.15) is 41.6 Å². The molecule has 1 saturated heterocycles. The van der Waals surface area contributed by atoms with Gasteiger partial charge in [-0.05, 0) is 67.3 Å². The van der Waals surface area contributed by atoms with Crippen LogP contribution in [-0.4, -0.2) is 38.5 Å². The Hall–Kier alpha value is -1.90. The van der Waals surface area contributed by atoms with Crippen LogP contribution in [0.25, 0.3) is 0 Å². The van der Waals surface area contributed by atoms with Gasteiger partial charge in [0.2, 0.25) is 0 Å². The molecule has 6 nitrogen and oxygen atoms in total. The molecule has 0 radical (unpaired) electrons. The van der Waals surface area contributed by atoms with Crippen LogP contribution in [0.2, 0.25) is 0 Å². The number of nitrogens with zero attached hydrogens (tertiary/aromatic N) is 2. The van der Waals surface area contributed by atoms with Crippen molar-refractivity contribution in [2.75, 3.05) is 10.1 Å². The predicted octanol–water partition coefficient (Wildman–Crippen LogP) is 1.92. The molecular weight excluding hydrogens is 369 g/mol. The molecule has 2 unspecified atom stereocenters. The number of aliphatic hydroxyl groups is 2. The zero-order chi connectivity index (χ0) is 19.0. The number of rotatable bonds is 3. The van der Waals surface area contributed by atoms with E-state index in [9.17, 15) is 19.4 Å². The summed E-state index contributed by atoms with van der Waals surface area (Å²) in [5.74, 6) is 0.160. The molecule has 8 heteroatoms. The number of halogens is 1. The zero-order valence-corrected chi connectivity index (χ0v) is 15.6. The maximum absolute atomic E-state index is 14.4. The summed E-state index contributed by atoms with van der Waals surface area (Å²) in [5.41, 5.74) is 3.62. The van der Waals surface area contributed by atoms with E-state index < -0.39 is 18.1 Å². The second-order valence-electron chi connectivity index (χ2n) is 7.05. The lowest BCUT2D eigenvalue weighted by Crippen LogP contribution is -2.44. The maximum Gasteiger partial charge on any atom is 0.267 e. The summed E-state index contributed by atoms with van der Waals surface area (Å²) in [6, 6.07) is 4.75. The van der Waals surface area contributed by atoms with E-state index in [4.69, 9.17) is 0 Å². The smallest absolute Gasteiger partial charge is 0.267 e. The normalized spacial score (nSPS) is 22.6. The highest BCUT2D eigenvalue weighted by molar-refractivity contribution is 8.00. The van der Waals surface area contributed by atoms with E-state index in [0.29, 0.717) is 18.6 Å². The molecule has 1 aromatic heterocycles. The summed E-state index contributed by atoms with van der Waals surface area (Å²) in [5, 5.41) is 26.9. The molecule has 4 rings (SSSR count). The molecule has 0 saturated carbocycles. The summed E-state index contributed by atoms with van der Waals surface area (Å²) >= 11 is 1.30. The van der Waals surface area contributed by atoms with Crippen LogP contribution in [0.3, 0.4) is 0 Å². The third kappa shape index (κ3) is 3.61. The molecule has 27 heavy (non-hydrogen) atoms. The van der Waals surface area contributed by atoms with Crippen molar-refractivity contribution < 1.29 is 14.6 Å². The van der Waals surface area contributed by atoms with Gasteiger partial charge in [-0.1, -0.05) is 6.07 Å². The van der Waals surface area contributed by atoms with Crippen molar-refractivity contribution in [3.8, 4) is 0 Å². The number of aromatic amines is 1. The number of fused-ring (bicyclic) bond motifs is 1. The number of H-pyrrole nitrogens is 1. The minimum atomic E-state index is -1.15. The molecule has 3 N–H and O–H groups in total. The number of nitrogens with one attached hydrogen (secondary N) is 1. The van der Waals surface area contributed by atoms with Crippen LogP contribution in [0.15, 0.2) is 23.0 Å². The van der Waals surface area contributed by atoms with Gasteiger partial charge in [0.25, 0.3) is 5.56 Å². The molecular formula is C19H22FN3O3S. The third-order valence-electron chi connectivity index (χ3n) is 5.23. The van der Waals surface area contributed by atoms with E-state index in [1.54, 1.807) is 12.1 Å². The number of hydrogen-bond donors (Lipinski definition) is 3. The molecule has 0 amide bonds. The average Bonchev–Trinajstić information content (AvgIpc) is 2.68. The van der Waals surface area contributed by atoms with Gasteiger partial charge in [-0.25, -0.2) is 9.49 Å². The van der Waals surface area contributed by atoms with Crippen molar-refractivity contribution in [2.45, 2.75) is 50.9 Å². The van der Waals surface area contributed by atoms with E-state index in [0.717, 1.165) is 48.1 Å². The summed E-state index contributed by atoms with van der Waals surface area (Å²) < 4.78 is 15.8. The Balaban J connectivity index is 1.65. The molecule has 1 aliphatic carbocycles. The lowest BCUT2D eigenvalue weighted by atomic mass is 9.90. The molecule has 1 fully saturated rings. The first-order valence-electron chi connectivity index (χ1n) is 9.20. The second kappa shape index (κ2) is 7.61. The van der Waals surface area contributed by atoms with Crippen LogP contribution in [0.5, 0.6) is 0 Å². The highest BCUT2D eigenvalue weighted by Crippen LogP contribution is 2.34. The van der Waals surface area contributed by atoms with Gasteiger partial charge in [-0.15, -0.1) is 0 Å². The molecule has 0 spiro atoms. The van der Waals surface area contributed by atoms with E-state index >= 15 is 0 Å². The van der Waals surface area contributed by atoms with E-state index in [1.807, 2.05) is 0 Å². The fourth-order valence-electron chi connectivity index (χ4n) is 3.77. The van der Waals surface area contributed by atoms with Crippen LogP contribution < -0.4 is 9.86 Å². The van der Waals surface area contributed by atoms with E-state index in [-0.39, 0.29) is 11.2 Å². The van der Waals surface area contributed by atoms with Gasteiger partial charge in [-0.3, -0.25) is 9.10 Å². The van der Waals surface area contributed by atoms with Crippen LogP contribution in [-0.2, 0) is 19.3 Å². The number of benzene rings is 1. The van der Waals surface area contributed by atoms with Crippen LogP contribution >= 0.6 is 11.9 Å². The van der Waals surface area contributed by atoms with Gasteiger partial charge in [0.05, 0.1) is 11.4 Å². The molecule has 2 aromatic rings. The Labute approximate surface area is 160 Å². The quantitative estimate of drug-likeness (QED) is 0.693. The molecule has 2 aliphatic rings. The van der Waals surface area contributed by atoms with Crippen molar-refractivity contribution in [3.63, 3.8) is 0 Å². The number of aliphatic hydroxyl groups excluding tert-OH is 2. The Morgan fingerprint density at radius 1 is 1.26 bits per heavy atom. The number of hydrogen-bond acceptors (Lipinski definition) is 6. The summed E-state index contributed by atoms with van der Waals surface area (Å²) in [6.45, 7) is 0. The van der Waals surface area contributed by atoms with E-state index in [2.05, 4.69) is 10.2 Å². The second-order valence-corrected chi connectivity index (χ2v) is 8.11. The Bertz CT molecular complexity index is 904. The van der Waals surface area contributed by atoms with Crippen molar-refractivity contribution in [3.05, 3.63) is 56.8 Å². The largest absolute Gasteiger partial charge is 0.388 e. The Kier molecular flexibility index (Phi) is 5.21. The Morgan fingerprint density at radius 2 is 2.04 bits per heavy atom. The lowest BCUT2D eigenvalue weighted by molar-refractivity contribution is 0.0233. The molecule has 1 aromatic carbocycles. The van der Waals surface area contributed by atoms with Gasteiger partial charge in [0.1, 0.15) is 11.9 Å². The first-order valence-corrected chi connectivity index (χ1v) is 10.1. The monoisotopic (exact) mass is 391 g/mol. The van der Waals surface area contributed by atoms with Gasteiger partial charge >= 0.3 is 0 Å². The molecule has 1 aliphatic heterocycles. The Morgan fingerprint density at radius 3 is 2.85 bits per heavy atom. The molecule has 144 valence electrons. The first kappa shape index (κ1) is 18.5. The van der Waals surface area contributed by atoms with Crippen LogP contribution in [0, 0.1) is 5.82 Å². The molecule has 2 heterocycles. The van der Waals surface area contributed by atoms with Gasteiger partial charge in [0.15, 0.2) is 6.23 Å². The SMILES string of the molecule is O=c1[nH]nc(Cc2ccc(F)c(N3SCCC(O)C3O)c2)c2c1CCCC2. The average molecular weight is 391 g/mol. The maximum atomic E-state index is 14.4. The highest BCUT2D eigenvalue weighted by atomic mass is 32.2. The summed E-state index contributed by atoms with van der Waals surface area (Å²) in [4.78, 5) is 12.0. The lowest BCUT2D eigenvalue weighted by Gasteiger charge is -2.36. The van der Waals surface area contributed by atoms with Gasteiger partial charge < -0.3 is 10.2 Å². The fraction of sp³-hybridized carbons (Fsp3) is 0.474. The molecule has 2 atom stereocenters. The number of anilines is 1. The minimum absolute atomic E-state index is 0.116. The van der Waals surface area contributed by atoms with Gasteiger partial charge in [0, 0.05) is 17.7 Å². The minimum Gasteiger partial charge on any atom is -0.388 e. The van der Waals surface area contributed by atoms with Crippen molar-refractivity contribution in [1.82, 2.24) is 10.2 Å². The fourth-order valence-corrected chi connectivity index (χ4v) is 4.89. The third-order valence-corrected chi connectivity index (χ3v) is 6.34. The number of aromatic nitrogens is 2. The topological polar surface area (TPSA) is 89.5 Å².